The molecule has 0 atom stereocenters. The number of benzene rings is 1. The minimum atomic E-state index is 0.506. The van der Waals surface area contributed by atoms with Crippen LogP contribution in [0.4, 0.5) is 0 Å². The Morgan fingerprint density at radius 1 is 1.19 bits per heavy atom. The Balaban J connectivity index is 1.73. The topological polar surface area (TPSA) is 15.3 Å². The highest BCUT2D eigenvalue weighted by Gasteiger charge is 2.47. The van der Waals surface area contributed by atoms with Crippen LogP contribution in [0.1, 0.15) is 24.8 Å². The second kappa shape index (κ2) is 4.19. The van der Waals surface area contributed by atoms with Gasteiger partial charge < -0.3 is 5.32 Å². The van der Waals surface area contributed by atoms with E-state index in [1.54, 1.807) is 0 Å². The van der Waals surface area contributed by atoms with Crippen molar-refractivity contribution in [2.75, 3.05) is 19.6 Å². The van der Waals surface area contributed by atoms with Crippen LogP contribution in [0.3, 0.4) is 0 Å². The van der Waals surface area contributed by atoms with Crippen molar-refractivity contribution >= 4 is 0 Å². The summed E-state index contributed by atoms with van der Waals surface area (Å²) < 4.78 is 0. The van der Waals surface area contributed by atoms with Crippen LogP contribution in [0.25, 0.3) is 0 Å². The Bertz CT molecular complexity index is 343. The van der Waals surface area contributed by atoms with Gasteiger partial charge in [-0.05, 0) is 31.4 Å². The van der Waals surface area contributed by atoms with E-state index in [1.807, 2.05) is 0 Å². The van der Waals surface area contributed by atoms with Crippen molar-refractivity contribution in [3.8, 4) is 0 Å². The molecule has 0 bridgehead atoms. The summed E-state index contributed by atoms with van der Waals surface area (Å²) in [4.78, 5) is 2.70. The van der Waals surface area contributed by atoms with Gasteiger partial charge in [-0.2, -0.15) is 0 Å². The van der Waals surface area contributed by atoms with E-state index in [4.69, 9.17) is 0 Å². The Kier molecular flexibility index (Phi) is 2.70. The van der Waals surface area contributed by atoms with Gasteiger partial charge in [0.25, 0.3) is 0 Å². The Hall–Kier alpha value is -0.860. The predicted molar refractivity (Wildman–Crippen MR) is 66.3 cm³/mol. The molecule has 1 aromatic carbocycles. The molecule has 1 aromatic rings. The highest BCUT2D eigenvalue weighted by molar-refractivity contribution is 5.17. The molecule has 0 radical (unpaired) electrons. The van der Waals surface area contributed by atoms with Crippen LogP contribution in [-0.4, -0.2) is 30.1 Å². The molecule has 0 unspecified atom stereocenters. The van der Waals surface area contributed by atoms with Gasteiger partial charge in [-0.1, -0.05) is 30.3 Å². The van der Waals surface area contributed by atoms with Gasteiger partial charge in [0.1, 0.15) is 0 Å². The average molecular weight is 216 g/mol. The molecule has 1 saturated heterocycles. The van der Waals surface area contributed by atoms with E-state index >= 15 is 0 Å². The molecule has 1 N–H and O–H groups in total. The van der Waals surface area contributed by atoms with Gasteiger partial charge in [-0.25, -0.2) is 0 Å². The first kappa shape index (κ1) is 10.3. The van der Waals surface area contributed by atoms with Crippen molar-refractivity contribution < 1.29 is 0 Å². The van der Waals surface area contributed by atoms with Gasteiger partial charge in [0, 0.05) is 25.2 Å². The number of nitrogens with one attached hydrogen (secondary N) is 1. The fourth-order valence-electron chi connectivity index (χ4n) is 2.75. The van der Waals surface area contributed by atoms with Gasteiger partial charge in [-0.3, -0.25) is 4.90 Å². The normalized spacial score (nSPS) is 24.2. The van der Waals surface area contributed by atoms with Crippen molar-refractivity contribution in [3.63, 3.8) is 0 Å². The summed E-state index contributed by atoms with van der Waals surface area (Å²) in [7, 11) is 0. The Labute approximate surface area is 97.6 Å². The number of hydrogen-bond donors (Lipinski definition) is 1. The molecule has 1 spiro atoms. The summed E-state index contributed by atoms with van der Waals surface area (Å²) in [6, 6.07) is 10.9. The summed E-state index contributed by atoms with van der Waals surface area (Å²) in [5.74, 6) is 0. The van der Waals surface area contributed by atoms with E-state index in [9.17, 15) is 0 Å². The molecule has 1 aliphatic carbocycles. The fourth-order valence-corrected chi connectivity index (χ4v) is 2.75. The maximum atomic E-state index is 3.57. The van der Waals surface area contributed by atoms with Crippen LogP contribution in [-0.2, 0) is 6.54 Å². The van der Waals surface area contributed by atoms with Gasteiger partial charge in [0.15, 0.2) is 0 Å². The van der Waals surface area contributed by atoms with Crippen LogP contribution in [0.5, 0.6) is 0 Å². The van der Waals surface area contributed by atoms with Crippen LogP contribution < -0.4 is 5.32 Å². The fraction of sp³-hybridized carbons (Fsp3) is 0.571. The SMILES string of the molecule is c1ccc(CN2CCCNCC23CC3)cc1. The Morgan fingerprint density at radius 3 is 2.75 bits per heavy atom. The van der Waals surface area contributed by atoms with Crippen LogP contribution >= 0.6 is 0 Å². The van der Waals surface area contributed by atoms with E-state index < -0.39 is 0 Å². The maximum absolute atomic E-state index is 3.57. The zero-order valence-electron chi connectivity index (χ0n) is 9.78. The summed E-state index contributed by atoms with van der Waals surface area (Å²) >= 11 is 0. The molecule has 2 aliphatic rings. The van der Waals surface area contributed by atoms with Crippen molar-refractivity contribution in [1.29, 1.82) is 0 Å². The molecule has 1 heterocycles. The quantitative estimate of drug-likeness (QED) is 0.813. The molecule has 2 fully saturated rings. The monoisotopic (exact) mass is 216 g/mol. The Morgan fingerprint density at radius 2 is 2.00 bits per heavy atom. The van der Waals surface area contributed by atoms with Gasteiger partial charge >= 0.3 is 0 Å². The van der Waals surface area contributed by atoms with Gasteiger partial charge in [0.2, 0.25) is 0 Å². The van der Waals surface area contributed by atoms with E-state index in [1.165, 1.54) is 44.5 Å². The largest absolute Gasteiger partial charge is 0.315 e. The van der Waals surface area contributed by atoms with E-state index in [0.717, 1.165) is 6.54 Å². The van der Waals surface area contributed by atoms with Crippen LogP contribution in [0, 0.1) is 0 Å². The standard InChI is InChI=1S/C14H20N2/c1-2-5-13(6-3-1)11-16-10-4-9-15-12-14(16)7-8-14/h1-3,5-6,15H,4,7-12H2. The smallest absolute Gasteiger partial charge is 0.0338 e. The number of rotatable bonds is 2. The first-order chi connectivity index (χ1) is 7.89. The third-order valence-electron chi connectivity index (χ3n) is 3.95. The van der Waals surface area contributed by atoms with E-state index in [-0.39, 0.29) is 0 Å². The highest BCUT2D eigenvalue weighted by atomic mass is 15.3. The number of hydrogen-bond acceptors (Lipinski definition) is 2. The summed E-state index contributed by atoms with van der Waals surface area (Å²) in [5, 5.41) is 3.57. The van der Waals surface area contributed by atoms with Crippen molar-refractivity contribution in [1.82, 2.24) is 10.2 Å². The third-order valence-corrected chi connectivity index (χ3v) is 3.95. The highest BCUT2D eigenvalue weighted by Crippen LogP contribution is 2.42. The lowest BCUT2D eigenvalue weighted by Crippen LogP contribution is -2.41. The van der Waals surface area contributed by atoms with Crippen molar-refractivity contribution in [3.05, 3.63) is 35.9 Å². The van der Waals surface area contributed by atoms with E-state index in [0.29, 0.717) is 5.54 Å². The molecular formula is C14H20N2. The van der Waals surface area contributed by atoms with Crippen LogP contribution in [0.2, 0.25) is 0 Å². The van der Waals surface area contributed by atoms with Gasteiger partial charge in [-0.15, -0.1) is 0 Å². The molecule has 3 rings (SSSR count). The summed E-state index contributed by atoms with van der Waals surface area (Å²) in [6.45, 7) is 4.76. The first-order valence-electron chi connectivity index (χ1n) is 6.39. The molecule has 2 nitrogen and oxygen atoms in total. The van der Waals surface area contributed by atoms with Gasteiger partial charge in [0.05, 0.1) is 0 Å². The lowest BCUT2D eigenvalue weighted by Gasteiger charge is -2.29. The molecule has 1 saturated carbocycles. The van der Waals surface area contributed by atoms with Crippen molar-refractivity contribution in [2.24, 2.45) is 0 Å². The third kappa shape index (κ3) is 2.00. The molecule has 0 amide bonds. The zero-order valence-corrected chi connectivity index (χ0v) is 9.78. The van der Waals surface area contributed by atoms with Crippen molar-refractivity contribution in [2.45, 2.75) is 31.3 Å². The second-order valence-corrected chi connectivity index (χ2v) is 5.16. The zero-order chi connectivity index (χ0) is 10.8. The molecule has 16 heavy (non-hydrogen) atoms. The van der Waals surface area contributed by atoms with Crippen LogP contribution in [0.15, 0.2) is 30.3 Å². The minimum absolute atomic E-state index is 0.506. The molecule has 0 aromatic heterocycles. The lowest BCUT2D eigenvalue weighted by molar-refractivity contribution is 0.181. The summed E-state index contributed by atoms with van der Waals surface area (Å²) in [6.07, 6.45) is 4.05. The van der Waals surface area contributed by atoms with E-state index in [2.05, 4.69) is 40.5 Å². The second-order valence-electron chi connectivity index (χ2n) is 5.16. The molecule has 2 heteroatoms. The minimum Gasteiger partial charge on any atom is -0.315 e. The number of nitrogens with zero attached hydrogens (tertiary/aromatic N) is 1. The summed E-state index contributed by atoms with van der Waals surface area (Å²) in [5.41, 5.74) is 1.96. The lowest BCUT2D eigenvalue weighted by atomic mass is 10.1. The molecule has 1 aliphatic heterocycles. The maximum Gasteiger partial charge on any atom is 0.0338 e. The molecular weight excluding hydrogens is 196 g/mol. The average Bonchev–Trinajstić information content (AvgIpc) is 3.12. The molecule has 86 valence electrons. The predicted octanol–water partition coefficient (Wildman–Crippen LogP) is 2.01. The first-order valence-corrected chi connectivity index (χ1v) is 6.39.